The summed E-state index contributed by atoms with van der Waals surface area (Å²) in [6, 6.07) is 14.6. The molecule has 1 aromatic heterocycles. The lowest BCUT2D eigenvalue weighted by molar-refractivity contribution is -0.123. The van der Waals surface area contributed by atoms with E-state index in [1.807, 2.05) is 31.2 Å². The lowest BCUT2D eigenvalue weighted by Gasteiger charge is -2.08. The number of Topliss-reactive ketones (excluding diaryl/α,β-unsaturated/α-hetero) is 1. The van der Waals surface area contributed by atoms with E-state index in [1.165, 1.54) is 11.3 Å². The van der Waals surface area contributed by atoms with Crippen molar-refractivity contribution < 1.29 is 14.3 Å². The quantitative estimate of drug-likeness (QED) is 0.570. The van der Waals surface area contributed by atoms with E-state index < -0.39 is 0 Å². The molecule has 0 unspecified atom stereocenters. The minimum absolute atomic E-state index is 0.0193. The molecule has 3 aromatic rings. The summed E-state index contributed by atoms with van der Waals surface area (Å²) in [5.41, 5.74) is 2.61. The summed E-state index contributed by atoms with van der Waals surface area (Å²) in [5, 5.41) is 4.24. The van der Waals surface area contributed by atoms with Crippen molar-refractivity contribution in [3.05, 3.63) is 69.7 Å². The Morgan fingerprint density at radius 1 is 1.11 bits per heavy atom. The van der Waals surface area contributed by atoms with Crippen LogP contribution in [-0.4, -0.2) is 23.3 Å². The molecule has 5 nitrogen and oxygen atoms in total. The Hall–Kier alpha value is -2.70. The van der Waals surface area contributed by atoms with Gasteiger partial charge in [-0.15, -0.1) is 11.3 Å². The van der Waals surface area contributed by atoms with Crippen LogP contribution in [0.25, 0.3) is 10.6 Å². The van der Waals surface area contributed by atoms with Crippen molar-refractivity contribution in [1.29, 1.82) is 0 Å². The molecule has 1 amide bonds. The third kappa shape index (κ3) is 5.18. The van der Waals surface area contributed by atoms with Gasteiger partial charge in [0, 0.05) is 24.1 Å². The van der Waals surface area contributed by atoms with Crippen LogP contribution in [0.2, 0.25) is 5.02 Å². The molecule has 0 aliphatic heterocycles. The van der Waals surface area contributed by atoms with E-state index in [2.05, 4.69) is 10.3 Å². The number of ketones is 1. The van der Waals surface area contributed by atoms with Gasteiger partial charge >= 0.3 is 0 Å². The van der Waals surface area contributed by atoms with Crippen molar-refractivity contribution in [2.24, 2.45) is 0 Å². The summed E-state index contributed by atoms with van der Waals surface area (Å²) >= 11 is 7.22. The van der Waals surface area contributed by atoms with E-state index in [-0.39, 0.29) is 18.3 Å². The van der Waals surface area contributed by atoms with Crippen LogP contribution >= 0.6 is 22.9 Å². The van der Waals surface area contributed by atoms with Gasteiger partial charge in [-0.2, -0.15) is 0 Å². The summed E-state index contributed by atoms with van der Waals surface area (Å²) < 4.78 is 5.53. The van der Waals surface area contributed by atoms with E-state index >= 15 is 0 Å². The summed E-state index contributed by atoms with van der Waals surface area (Å²) in [5.74, 6) is 0.400. The third-order valence-corrected chi connectivity index (χ3v) is 5.55. The van der Waals surface area contributed by atoms with Crippen LogP contribution in [-0.2, 0) is 11.3 Å². The SMILES string of the molecule is CC(=O)c1sc(-c2ccc(OCC(=O)NCc3ccc(Cl)cc3)cc2)nc1C. The van der Waals surface area contributed by atoms with E-state index in [1.54, 1.807) is 31.2 Å². The van der Waals surface area contributed by atoms with Crippen LogP contribution in [0.1, 0.15) is 27.9 Å². The van der Waals surface area contributed by atoms with Gasteiger partial charge in [-0.05, 0) is 48.9 Å². The van der Waals surface area contributed by atoms with Gasteiger partial charge in [-0.25, -0.2) is 4.98 Å². The average molecular weight is 415 g/mol. The second-order valence-corrected chi connectivity index (χ2v) is 7.64. The minimum atomic E-state index is -0.208. The molecule has 144 valence electrons. The molecule has 3 rings (SSSR count). The molecule has 2 aromatic carbocycles. The Kier molecular flexibility index (Phi) is 6.44. The molecule has 0 spiro atoms. The number of benzene rings is 2. The van der Waals surface area contributed by atoms with Crippen LogP contribution in [0.5, 0.6) is 5.75 Å². The van der Waals surface area contributed by atoms with E-state index in [0.717, 1.165) is 21.8 Å². The first-order chi connectivity index (χ1) is 13.4. The lowest BCUT2D eigenvalue weighted by Crippen LogP contribution is -2.28. The summed E-state index contributed by atoms with van der Waals surface area (Å²) in [6.07, 6.45) is 0. The maximum atomic E-state index is 11.9. The molecule has 7 heteroatoms. The molecular weight excluding hydrogens is 396 g/mol. The molecule has 0 bridgehead atoms. The van der Waals surface area contributed by atoms with Gasteiger partial charge in [0.25, 0.3) is 5.91 Å². The van der Waals surface area contributed by atoms with E-state index in [4.69, 9.17) is 16.3 Å². The Labute approximate surface area is 172 Å². The maximum absolute atomic E-state index is 11.9. The zero-order chi connectivity index (χ0) is 20.1. The number of hydrogen-bond donors (Lipinski definition) is 1. The number of aromatic nitrogens is 1. The summed E-state index contributed by atoms with van der Waals surface area (Å²) in [6.45, 7) is 3.72. The molecule has 0 saturated carbocycles. The number of rotatable bonds is 7. The van der Waals surface area contributed by atoms with Gasteiger partial charge in [0.15, 0.2) is 12.4 Å². The molecule has 0 aliphatic carbocycles. The Bertz CT molecular complexity index is 982. The average Bonchev–Trinajstić information content (AvgIpc) is 3.08. The van der Waals surface area contributed by atoms with Crippen LogP contribution in [0.3, 0.4) is 0 Å². The molecule has 28 heavy (non-hydrogen) atoms. The minimum Gasteiger partial charge on any atom is -0.484 e. The lowest BCUT2D eigenvalue weighted by atomic mass is 10.2. The van der Waals surface area contributed by atoms with Crippen LogP contribution in [0.15, 0.2) is 48.5 Å². The van der Waals surface area contributed by atoms with Gasteiger partial charge in [0.2, 0.25) is 0 Å². The van der Waals surface area contributed by atoms with Gasteiger partial charge in [-0.3, -0.25) is 9.59 Å². The zero-order valence-electron chi connectivity index (χ0n) is 15.5. The fraction of sp³-hybridized carbons (Fsp3) is 0.190. The molecule has 0 aliphatic rings. The van der Waals surface area contributed by atoms with Crippen molar-refractivity contribution >= 4 is 34.6 Å². The predicted octanol–water partition coefficient (Wildman–Crippen LogP) is 4.67. The molecular formula is C21H19ClN2O3S. The second-order valence-electron chi connectivity index (χ2n) is 6.21. The highest BCUT2D eigenvalue weighted by molar-refractivity contribution is 7.17. The number of amides is 1. The number of ether oxygens (including phenoxy) is 1. The van der Waals surface area contributed by atoms with Gasteiger partial charge < -0.3 is 10.1 Å². The number of halogens is 1. The second kappa shape index (κ2) is 8.99. The Morgan fingerprint density at radius 3 is 2.39 bits per heavy atom. The molecule has 0 fully saturated rings. The topological polar surface area (TPSA) is 68.3 Å². The highest BCUT2D eigenvalue weighted by Crippen LogP contribution is 2.29. The molecule has 1 N–H and O–H groups in total. The van der Waals surface area contributed by atoms with Gasteiger partial charge in [-0.1, -0.05) is 23.7 Å². The number of hydrogen-bond acceptors (Lipinski definition) is 5. The zero-order valence-corrected chi connectivity index (χ0v) is 17.1. The summed E-state index contributed by atoms with van der Waals surface area (Å²) in [4.78, 5) is 28.6. The fourth-order valence-electron chi connectivity index (χ4n) is 2.54. The van der Waals surface area contributed by atoms with Crippen molar-refractivity contribution in [2.75, 3.05) is 6.61 Å². The number of carbonyl (C=O) groups excluding carboxylic acids is 2. The standard InChI is InChI=1S/C21H19ClN2O3S/c1-13-20(14(2)25)28-21(24-13)16-5-9-18(10-6-16)27-12-19(26)23-11-15-3-7-17(22)8-4-15/h3-10H,11-12H2,1-2H3,(H,23,26). The smallest absolute Gasteiger partial charge is 0.258 e. The van der Waals surface area contributed by atoms with Crippen molar-refractivity contribution in [2.45, 2.75) is 20.4 Å². The normalized spacial score (nSPS) is 10.5. The monoisotopic (exact) mass is 414 g/mol. The maximum Gasteiger partial charge on any atom is 0.258 e. The third-order valence-electron chi connectivity index (χ3n) is 3.99. The van der Waals surface area contributed by atoms with E-state index in [0.29, 0.717) is 22.2 Å². The number of thiazole rings is 1. The largest absolute Gasteiger partial charge is 0.484 e. The summed E-state index contributed by atoms with van der Waals surface area (Å²) in [7, 11) is 0. The molecule has 0 atom stereocenters. The van der Waals surface area contributed by atoms with Crippen LogP contribution in [0, 0.1) is 6.92 Å². The van der Waals surface area contributed by atoms with Crippen LogP contribution < -0.4 is 10.1 Å². The number of nitrogens with one attached hydrogen (secondary N) is 1. The highest BCUT2D eigenvalue weighted by atomic mass is 35.5. The number of aryl methyl sites for hydroxylation is 1. The van der Waals surface area contributed by atoms with Crippen LogP contribution in [0.4, 0.5) is 0 Å². The first kappa shape index (κ1) is 20.0. The number of nitrogens with zero attached hydrogens (tertiary/aromatic N) is 1. The van der Waals surface area contributed by atoms with Gasteiger partial charge in [0.05, 0.1) is 10.6 Å². The van der Waals surface area contributed by atoms with Crippen molar-refractivity contribution in [3.63, 3.8) is 0 Å². The first-order valence-electron chi connectivity index (χ1n) is 8.65. The van der Waals surface area contributed by atoms with Gasteiger partial charge in [0.1, 0.15) is 10.8 Å². The van der Waals surface area contributed by atoms with Crippen molar-refractivity contribution in [1.82, 2.24) is 10.3 Å². The molecule has 1 heterocycles. The van der Waals surface area contributed by atoms with E-state index in [9.17, 15) is 9.59 Å². The number of carbonyl (C=O) groups is 2. The Balaban J connectivity index is 1.52. The first-order valence-corrected chi connectivity index (χ1v) is 9.84. The van der Waals surface area contributed by atoms with Crippen molar-refractivity contribution in [3.8, 4) is 16.3 Å². The molecule has 0 radical (unpaired) electrons. The predicted molar refractivity (Wildman–Crippen MR) is 111 cm³/mol. The fourth-order valence-corrected chi connectivity index (χ4v) is 3.64. The highest BCUT2D eigenvalue weighted by Gasteiger charge is 2.13. The molecule has 0 saturated heterocycles. The Morgan fingerprint density at radius 2 is 1.79 bits per heavy atom.